The summed E-state index contributed by atoms with van der Waals surface area (Å²) in [7, 11) is -4.77. The van der Waals surface area contributed by atoms with E-state index in [1.165, 1.54) is 25.7 Å². The largest absolute Gasteiger partial charge is 0.469 e. The maximum atomic E-state index is 12.3. The normalized spacial score (nSPS) is 14.7. The fourth-order valence-electron chi connectivity index (χ4n) is 4.34. The van der Waals surface area contributed by atoms with Crippen LogP contribution in [0.15, 0.2) is 72.9 Å². The second-order valence-electron chi connectivity index (χ2n) is 11.9. The zero-order valence-electron chi connectivity index (χ0n) is 29.6. The van der Waals surface area contributed by atoms with Crippen molar-refractivity contribution in [1.82, 2.24) is 0 Å². The summed E-state index contributed by atoms with van der Waals surface area (Å²) < 4.78 is 26.1. The summed E-state index contributed by atoms with van der Waals surface area (Å²) in [5.41, 5.74) is 0. The van der Waals surface area contributed by atoms with Crippen LogP contribution in [0, 0.1) is 5.92 Å². The van der Waals surface area contributed by atoms with Gasteiger partial charge in [-0.2, -0.15) is 0 Å². The summed E-state index contributed by atoms with van der Waals surface area (Å²) in [5, 5.41) is 9.79. The molecule has 0 aliphatic carbocycles. The molecule has 10 heteroatoms. The molecule has 0 aromatic carbocycles. The van der Waals surface area contributed by atoms with Gasteiger partial charge in [-0.1, -0.05) is 139 Å². The van der Waals surface area contributed by atoms with Crippen LogP contribution in [0.1, 0.15) is 124 Å². The Morgan fingerprint density at radius 3 is 2.00 bits per heavy atom. The molecule has 0 aromatic rings. The molecule has 0 heterocycles. The summed E-state index contributed by atoms with van der Waals surface area (Å²) >= 11 is 0. The number of aliphatic hydroxyl groups excluding tert-OH is 1. The van der Waals surface area contributed by atoms with Gasteiger partial charge in [0, 0.05) is 12.8 Å². The highest BCUT2D eigenvalue weighted by Crippen LogP contribution is 2.35. The van der Waals surface area contributed by atoms with Gasteiger partial charge in [0.2, 0.25) is 0 Å². The number of hydrogen-bond acceptors (Lipinski definition) is 7. The molecule has 0 aliphatic rings. The van der Waals surface area contributed by atoms with Crippen molar-refractivity contribution >= 4 is 19.8 Å². The van der Waals surface area contributed by atoms with E-state index >= 15 is 0 Å². The lowest BCUT2D eigenvalue weighted by Gasteiger charge is -2.18. The van der Waals surface area contributed by atoms with Crippen LogP contribution in [-0.2, 0) is 28.2 Å². The highest BCUT2D eigenvalue weighted by molar-refractivity contribution is 7.46. The Morgan fingerprint density at radius 2 is 1.35 bits per heavy atom. The number of carbonyl (C=O) groups excluding carboxylic acids is 2. The number of ether oxygens (including phenoxy) is 2. The minimum Gasteiger partial charge on any atom is -0.462 e. The van der Waals surface area contributed by atoms with E-state index in [0.717, 1.165) is 50.9 Å². The van der Waals surface area contributed by atoms with Crippen molar-refractivity contribution in [3.05, 3.63) is 72.9 Å². The number of esters is 2. The lowest BCUT2D eigenvalue weighted by molar-refractivity contribution is -0.161. The van der Waals surface area contributed by atoms with Gasteiger partial charge in [-0.3, -0.25) is 14.1 Å². The first-order valence-electron chi connectivity index (χ1n) is 17.7. The number of aliphatic hydroxyl groups is 1. The van der Waals surface area contributed by atoms with Crippen LogP contribution in [-0.4, -0.2) is 52.3 Å². The Bertz CT molecular complexity index is 1040. The SMILES string of the molecule is CC/C=C\CC(O)/C=C/C=C/C/C=C\C/C=C\C/C=C\CCC(=O)OC[C@H](COP(=O)(O)O)OC(=O)CCCCCCCCC(C)CC. The van der Waals surface area contributed by atoms with Gasteiger partial charge in [0.05, 0.1) is 12.7 Å². The molecule has 0 amide bonds. The van der Waals surface area contributed by atoms with E-state index in [-0.39, 0.29) is 19.4 Å². The summed E-state index contributed by atoms with van der Waals surface area (Å²) in [6.07, 6.45) is 35.6. The van der Waals surface area contributed by atoms with E-state index in [4.69, 9.17) is 19.3 Å². The average molecular weight is 695 g/mol. The van der Waals surface area contributed by atoms with E-state index in [9.17, 15) is 19.3 Å². The molecule has 0 rings (SSSR count). The lowest BCUT2D eigenvalue weighted by Crippen LogP contribution is -2.29. The smallest absolute Gasteiger partial charge is 0.462 e. The molecule has 0 spiro atoms. The molecule has 48 heavy (non-hydrogen) atoms. The second-order valence-corrected chi connectivity index (χ2v) is 13.1. The third-order valence-corrected chi connectivity index (χ3v) is 7.86. The van der Waals surface area contributed by atoms with Crippen LogP contribution in [0.4, 0.5) is 0 Å². The zero-order chi connectivity index (χ0) is 35.7. The van der Waals surface area contributed by atoms with E-state index in [0.29, 0.717) is 19.3 Å². The van der Waals surface area contributed by atoms with Crippen molar-refractivity contribution in [2.75, 3.05) is 13.2 Å². The quantitative estimate of drug-likeness (QED) is 0.0221. The highest BCUT2D eigenvalue weighted by Gasteiger charge is 2.22. The molecule has 3 N–H and O–H groups in total. The molecule has 0 aliphatic heterocycles. The standard InChI is InChI=1S/C38H63O9P/c1-4-6-22-28-35(39)29-24-19-14-12-10-8-7-9-11-13-15-20-25-30-37(40)45-32-36(33-46-48(42,43)44)47-38(41)31-26-21-17-16-18-23-27-34(3)5-2/h6,8-11,14-15,19-20,22,24,29,34-36,39H,4-5,7,12-13,16-18,21,23,25-28,30-33H2,1-3H3,(H2,42,43,44)/b10-8-,11-9-,19-14+,20-15-,22-6-,29-24+/t34?,35?,36-/m1/s1. The first-order chi connectivity index (χ1) is 23.1. The van der Waals surface area contributed by atoms with E-state index in [2.05, 4.69) is 43.5 Å². The molecule has 9 nitrogen and oxygen atoms in total. The number of rotatable bonds is 30. The molecule has 0 bridgehead atoms. The number of carbonyl (C=O) groups is 2. The monoisotopic (exact) mass is 694 g/mol. The Labute approximate surface area is 290 Å². The van der Waals surface area contributed by atoms with E-state index in [1.807, 2.05) is 48.6 Å². The minimum absolute atomic E-state index is 0.123. The maximum Gasteiger partial charge on any atom is 0.469 e. The number of allylic oxidation sites excluding steroid dienone is 10. The van der Waals surface area contributed by atoms with Gasteiger partial charge in [-0.05, 0) is 50.9 Å². The topological polar surface area (TPSA) is 140 Å². The predicted molar refractivity (Wildman–Crippen MR) is 194 cm³/mol. The molecule has 2 unspecified atom stereocenters. The highest BCUT2D eigenvalue weighted by atomic mass is 31.2. The zero-order valence-corrected chi connectivity index (χ0v) is 30.5. The van der Waals surface area contributed by atoms with Crippen LogP contribution < -0.4 is 0 Å². The number of unbranched alkanes of at least 4 members (excludes halogenated alkanes) is 5. The Morgan fingerprint density at radius 1 is 0.729 bits per heavy atom. The van der Waals surface area contributed by atoms with Gasteiger partial charge in [-0.25, -0.2) is 4.57 Å². The number of phosphoric ester groups is 1. The summed E-state index contributed by atoms with van der Waals surface area (Å²) in [6, 6.07) is 0. The Hall–Kier alpha value is -2.55. The first-order valence-corrected chi connectivity index (χ1v) is 19.3. The van der Waals surface area contributed by atoms with Crippen LogP contribution >= 0.6 is 7.82 Å². The third kappa shape index (κ3) is 33.4. The van der Waals surface area contributed by atoms with Crippen molar-refractivity contribution in [2.24, 2.45) is 5.92 Å². The fraction of sp³-hybridized carbons (Fsp3) is 0.632. The van der Waals surface area contributed by atoms with Crippen molar-refractivity contribution in [3.63, 3.8) is 0 Å². The molecule has 0 aromatic heterocycles. The molecule has 0 saturated heterocycles. The Kier molecular flexibility index (Phi) is 30.0. The average Bonchev–Trinajstić information content (AvgIpc) is 3.04. The summed E-state index contributed by atoms with van der Waals surface area (Å²) in [4.78, 5) is 42.5. The van der Waals surface area contributed by atoms with Gasteiger partial charge in [0.15, 0.2) is 6.10 Å². The molecule has 0 fully saturated rings. The molecular weight excluding hydrogens is 631 g/mol. The van der Waals surface area contributed by atoms with Crippen LogP contribution in [0.5, 0.6) is 0 Å². The summed E-state index contributed by atoms with van der Waals surface area (Å²) in [6.45, 7) is 5.64. The molecule has 0 saturated carbocycles. The number of hydrogen-bond donors (Lipinski definition) is 3. The first kappa shape index (κ1) is 45.5. The van der Waals surface area contributed by atoms with Crippen LogP contribution in [0.25, 0.3) is 0 Å². The van der Waals surface area contributed by atoms with Crippen LogP contribution in [0.2, 0.25) is 0 Å². The fourth-order valence-corrected chi connectivity index (χ4v) is 4.70. The minimum atomic E-state index is -4.77. The van der Waals surface area contributed by atoms with E-state index < -0.39 is 38.6 Å². The van der Waals surface area contributed by atoms with E-state index in [1.54, 1.807) is 6.08 Å². The molecule has 3 atom stereocenters. The lowest BCUT2D eigenvalue weighted by atomic mass is 10.00. The molecule has 0 radical (unpaired) electrons. The van der Waals surface area contributed by atoms with Gasteiger partial charge in [0.1, 0.15) is 6.61 Å². The van der Waals surface area contributed by atoms with Crippen LogP contribution in [0.3, 0.4) is 0 Å². The van der Waals surface area contributed by atoms with Crippen molar-refractivity contribution in [2.45, 2.75) is 136 Å². The third-order valence-electron chi connectivity index (χ3n) is 7.37. The van der Waals surface area contributed by atoms with Gasteiger partial charge >= 0.3 is 19.8 Å². The van der Waals surface area contributed by atoms with Crippen molar-refractivity contribution in [3.8, 4) is 0 Å². The predicted octanol–water partition coefficient (Wildman–Crippen LogP) is 9.17. The second kappa shape index (κ2) is 31.7. The molecular formula is C38H63O9P. The van der Waals surface area contributed by atoms with Gasteiger partial charge in [-0.15, -0.1) is 0 Å². The van der Waals surface area contributed by atoms with Gasteiger partial charge < -0.3 is 24.4 Å². The maximum absolute atomic E-state index is 12.3. The van der Waals surface area contributed by atoms with Crippen molar-refractivity contribution < 1.29 is 43.0 Å². The summed E-state index contributed by atoms with van der Waals surface area (Å²) in [5.74, 6) is -0.249. The number of phosphoric acid groups is 1. The van der Waals surface area contributed by atoms with Crippen molar-refractivity contribution in [1.29, 1.82) is 0 Å². The molecule has 274 valence electrons. The van der Waals surface area contributed by atoms with Gasteiger partial charge in [0.25, 0.3) is 0 Å². The Balaban J connectivity index is 4.19.